The average Bonchev–Trinajstić information content (AvgIpc) is 2.76. The van der Waals surface area contributed by atoms with Crippen molar-refractivity contribution in [3.05, 3.63) is 17.3 Å². The summed E-state index contributed by atoms with van der Waals surface area (Å²) in [4.78, 5) is 4.26. The first-order chi connectivity index (χ1) is 10.1. The van der Waals surface area contributed by atoms with Crippen LogP contribution in [0.3, 0.4) is 0 Å². The van der Waals surface area contributed by atoms with E-state index in [1.54, 1.807) is 0 Å². The second-order valence-electron chi connectivity index (χ2n) is 5.07. The molecule has 0 aliphatic carbocycles. The number of aliphatic hydroxyl groups excluding tert-OH is 1. The summed E-state index contributed by atoms with van der Waals surface area (Å²) in [5, 5.41) is 12.8. The van der Waals surface area contributed by atoms with Gasteiger partial charge in [-0.25, -0.2) is 4.98 Å². The molecule has 0 radical (unpaired) electrons. The Bertz CT molecular complexity index is 362. The number of oxazole rings is 1. The number of rotatable bonds is 12. The lowest BCUT2D eigenvalue weighted by molar-refractivity contribution is 0.00373. The summed E-state index contributed by atoms with van der Waals surface area (Å²) in [7, 11) is 0. The molecule has 0 fully saturated rings. The molecule has 0 bridgehead atoms. The Kier molecular flexibility index (Phi) is 9.25. The second kappa shape index (κ2) is 10.7. The van der Waals surface area contributed by atoms with Gasteiger partial charge < -0.3 is 24.3 Å². The van der Waals surface area contributed by atoms with Crippen LogP contribution in [0.2, 0.25) is 0 Å². The van der Waals surface area contributed by atoms with Gasteiger partial charge in [0.2, 0.25) is 5.89 Å². The highest BCUT2D eigenvalue weighted by molar-refractivity contribution is 5.05. The Morgan fingerprint density at radius 3 is 2.67 bits per heavy atom. The maximum atomic E-state index is 9.75. The molecule has 1 atom stereocenters. The lowest BCUT2D eigenvalue weighted by atomic mass is 10.3. The van der Waals surface area contributed by atoms with Crippen molar-refractivity contribution in [1.82, 2.24) is 10.3 Å². The Hall–Kier alpha value is -0.950. The van der Waals surface area contributed by atoms with Crippen LogP contribution < -0.4 is 5.32 Å². The van der Waals surface area contributed by atoms with Crippen LogP contribution in [0.5, 0.6) is 0 Å². The summed E-state index contributed by atoms with van der Waals surface area (Å²) < 4.78 is 16.2. The summed E-state index contributed by atoms with van der Waals surface area (Å²) in [6.07, 6.45) is 1.67. The third-order valence-electron chi connectivity index (χ3n) is 3.05. The zero-order chi connectivity index (χ0) is 15.5. The predicted molar refractivity (Wildman–Crippen MR) is 80.2 cm³/mol. The molecular weight excluding hydrogens is 272 g/mol. The molecule has 122 valence electrons. The summed E-state index contributed by atoms with van der Waals surface area (Å²) >= 11 is 0. The molecular formula is C15H28N2O4. The molecule has 0 aromatic carbocycles. The Morgan fingerprint density at radius 1 is 1.24 bits per heavy atom. The van der Waals surface area contributed by atoms with Crippen molar-refractivity contribution in [3.63, 3.8) is 0 Å². The van der Waals surface area contributed by atoms with E-state index < -0.39 is 6.10 Å². The van der Waals surface area contributed by atoms with Crippen LogP contribution in [0.25, 0.3) is 0 Å². The topological polar surface area (TPSA) is 76.8 Å². The van der Waals surface area contributed by atoms with Crippen LogP contribution >= 0.6 is 0 Å². The Morgan fingerprint density at radius 2 is 2.00 bits per heavy atom. The van der Waals surface area contributed by atoms with E-state index >= 15 is 0 Å². The highest BCUT2D eigenvalue weighted by Crippen LogP contribution is 2.07. The highest BCUT2D eigenvalue weighted by Gasteiger charge is 2.07. The van der Waals surface area contributed by atoms with Crippen LogP contribution in [0, 0.1) is 13.8 Å². The molecule has 6 heteroatoms. The van der Waals surface area contributed by atoms with E-state index in [1.807, 2.05) is 13.8 Å². The molecule has 0 aliphatic rings. The third-order valence-corrected chi connectivity index (χ3v) is 3.05. The lowest BCUT2D eigenvalue weighted by Gasteiger charge is -2.11. The first kappa shape index (κ1) is 18.1. The van der Waals surface area contributed by atoms with E-state index in [0.29, 0.717) is 38.8 Å². The number of nitrogens with one attached hydrogen (secondary N) is 1. The van der Waals surface area contributed by atoms with Gasteiger partial charge in [0, 0.05) is 13.2 Å². The number of nitrogens with zero attached hydrogens (tertiary/aromatic N) is 1. The van der Waals surface area contributed by atoms with E-state index in [-0.39, 0.29) is 0 Å². The third kappa shape index (κ3) is 8.16. The largest absolute Gasteiger partial charge is 0.444 e. The normalized spacial score (nSPS) is 12.8. The minimum Gasteiger partial charge on any atom is -0.444 e. The highest BCUT2D eigenvalue weighted by atomic mass is 16.5. The monoisotopic (exact) mass is 300 g/mol. The molecule has 1 aromatic rings. The fraction of sp³-hybridized carbons (Fsp3) is 0.800. The minimum absolute atomic E-state index is 0.299. The van der Waals surface area contributed by atoms with Gasteiger partial charge in [-0.05, 0) is 20.3 Å². The number of hydrogen-bond donors (Lipinski definition) is 2. The van der Waals surface area contributed by atoms with Crippen molar-refractivity contribution in [2.45, 2.75) is 46.3 Å². The van der Waals surface area contributed by atoms with Crippen LogP contribution in [0.4, 0.5) is 0 Å². The van der Waals surface area contributed by atoms with Gasteiger partial charge in [-0.15, -0.1) is 0 Å². The number of aliphatic hydroxyl groups is 1. The number of hydrogen-bond acceptors (Lipinski definition) is 6. The molecule has 21 heavy (non-hydrogen) atoms. The first-order valence-electron chi connectivity index (χ1n) is 7.60. The maximum Gasteiger partial charge on any atom is 0.208 e. The Balaban J connectivity index is 1.97. The predicted octanol–water partition coefficient (Wildman–Crippen LogP) is 1.58. The summed E-state index contributed by atoms with van der Waals surface area (Å²) in [5.74, 6) is 1.47. The van der Waals surface area contributed by atoms with Gasteiger partial charge in [0.05, 0.1) is 38.2 Å². The summed E-state index contributed by atoms with van der Waals surface area (Å²) in [6, 6.07) is 0. The van der Waals surface area contributed by atoms with E-state index in [2.05, 4.69) is 17.2 Å². The number of aromatic nitrogens is 1. The molecule has 6 nitrogen and oxygen atoms in total. The summed E-state index contributed by atoms with van der Waals surface area (Å²) in [6.45, 7) is 9.04. The van der Waals surface area contributed by atoms with Crippen LogP contribution in [0.15, 0.2) is 4.42 Å². The molecule has 2 N–H and O–H groups in total. The number of aryl methyl sites for hydroxylation is 2. The van der Waals surface area contributed by atoms with Gasteiger partial charge >= 0.3 is 0 Å². The minimum atomic E-state index is -0.544. The smallest absolute Gasteiger partial charge is 0.208 e. The van der Waals surface area contributed by atoms with E-state index in [0.717, 1.165) is 30.9 Å². The first-order valence-corrected chi connectivity index (χ1v) is 7.60. The van der Waals surface area contributed by atoms with Crippen molar-refractivity contribution < 1.29 is 19.0 Å². The molecule has 0 saturated heterocycles. The molecule has 1 aromatic heterocycles. The molecule has 0 aliphatic heterocycles. The zero-order valence-electron chi connectivity index (χ0n) is 13.4. The van der Waals surface area contributed by atoms with Gasteiger partial charge in [0.15, 0.2) is 0 Å². The van der Waals surface area contributed by atoms with Gasteiger partial charge in [0.25, 0.3) is 0 Å². The van der Waals surface area contributed by atoms with E-state index in [9.17, 15) is 5.11 Å². The quantitative estimate of drug-likeness (QED) is 0.571. The van der Waals surface area contributed by atoms with Crippen molar-refractivity contribution in [1.29, 1.82) is 0 Å². The molecule has 1 heterocycles. The van der Waals surface area contributed by atoms with Gasteiger partial charge in [0.1, 0.15) is 5.76 Å². The number of unbranched alkanes of at least 4 members (excludes halogenated alkanes) is 1. The standard InChI is InChI=1S/C15H28N2O4/c1-4-5-6-19-7-8-20-11-14(18)9-16-10-15-17-12(2)13(3)21-15/h14,16,18H,4-11H2,1-3H3. The van der Waals surface area contributed by atoms with Crippen LogP contribution in [-0.2, 0) is 16.0 Å². The lowest BCUT2D eigenvalue weighted by Crippen LogP contribution is -2.30. The summed E-state index contributed by atoms with van der Waals surface area (Å²) in [5.41, 5.74) is 0.902. The van der Waals surface area contributed by atoms with Crippen molar-refractivity contribution >= 4 is 0 Å². The number of ether oxygens (including phenoxy) is 2. The van der Waals surface area contributed by atoms with Crippen LogP contribution in [0.1, 0.15) is 37.1 Å². The van der Waals surface area contributed by atoms with Crippen molar-refractivity contribution in [3.8, 4) is 0 Å². The van der Waals surface area contributed by atoms with Gasteiger partial charge in [-0.3, -0.25) is 0 Å². The molecule has 0 spiro atoms. The van der Waals surface area contributed by atoms with E-state index in [1.165, 1.54) is 0 Å². The SMILES string of the molecule is CCCCOCCOCC(O)CNCc1nc(C)c(C)o1. The van der Waals surface area contributed by atoms with Crippen molar-refractivity contribution in [2.75, 3.05) is 33.0 Å². The molecule has 0 amide bonds. The maximum absolute atomic E-state index is 9.75. The zero-order valence-corrected chi connectivity index (χ0v) is 13.4. The van der Waals surface area contributed by atoms with Gasteiger partial charge in [-0.1, -0.05) is 13.3 Å². The van der Waals surface area contributed by atoms with Gasteiger partial charge in [-0.2, -0.15) is 0 Å². The molecule has 0 saturated carbocycles. The molecule has 1 unspecified atom stereocenters. The van der Waals surface area contributed by atoms with E-state index in [4.69, 9.17) is 13.9 Å². The fourth-order valence-electron chi connectivity index (χ4n) is 1.71. The fourth-order valence-corrected chi connectivity index (χ4v) is 1.71. The molecule has 1 rings (SSSR count). The van der Waals surface area contributed by atoms with Crippen molar-refractivity contribution in [2.24, 2.45) is 0 Å². The van der Waals surface area contributed by atoms with Crippen LogP contribution in [-0.4, -0.2) is 49.2 Å². The average molecular weight is 300 g/mol. The Labute approximate surface area is 126 Å². The second-order valence-corrected chi connectivity index (χ2v) is 5.07.